The lowest BCUT2D eigenvalue weighted by Gasteiger charge is -2.38. The summed E-state index contributed by atoms with van der Waals surface area (Å²) in [5.74, 6) is 5.66. The number of hydrogen-bond acceptors (Lipinski definition) is 5. The van der Waals surface area contributed by atoms with E-state index in [1.807, 2.05) is 6.07 Å². The molecule has 1 fully saturated rings. The molecule has 0 aromatic carbocycles. The fourth-order valence-corrected chi connectivity index (χ4v) is 2.37. The molecule has 2 rings (SSSR count). The SMILES string of the molecule is CC(C)N1CCOC(C(Cc2ccoc2)NN)C1. The molecule has 1 aromatic rings. The van der Waals surface area contributed by atoms with Gasteiger partial charge >= 0.3 is 0 Å². The molecule has 0 bridgehead atoms. The molecule has 2 unspecified atom stereocenters. The van der Waals surface area contributed by atoms with Gasteiger partial charge in [0.1, 0.15) is 0 Å². The Hall–Kier alpha value is -0.880. The molecule has 18 heavy (non-hydrogen) atoms. The van der Waals surface area contributed by atoms with Crippen LogP contribution in [-0.2, 0) is 11.2 Å². The highest BCUT2D eigenvalue weighted by Crippen LogP contribution is 2.15. The van der Waals surface area contributed by atoms with Crippen molar-refractivity contribution < 1.29 is 9.15 Å². The average molecular weight is 253 g/mol. The Kier molecular flexibility index (Phi) is 4.77. The maximum absolute atomic E-state index is 5.85. The van der Waals surface area contributed by atoms with Gasteiger partial charge in [-0.1, -0.05) is 0 Å². The molecule has 0 saturated carbocycles. The van der Waals surface area contributed by atoms with Crippen molar-refractivity contribution in [3.63, 3.8) is 0 Å². The molecule has 1 aliphatic rings. The maximum Gasteiger partial charge on any atom is 0.0935 e. The smallest absolute Gasteiger partial charge is 0.0935 e. The molecule has 1 aromatic heterocycles. The number of nitrogens with zero attached hydrogens (tertiary/aromatic N) is 1. The van der Waals surface area contributed by atoms with Crippen molar-refractivity contribution in [3.05, 3.63) is 24.2 Å². The molecule has 5 nitrogen and oxygen atoms in total. The quantitative estimate of drug-likeness (QED) is 0.599. The van der Waals surface area contributed by atoms with Gasteiger partial charge in [-0.05, 0) is 31.9 Å². The summed E-state index contributed by atoms with van der Waals surface area (Å²) in [5, 5.41) is 0. The van der Waals surface area contributed by atoms with Crippen LogP contribution in [0.1, 0.15) is 19.4 Å². The Bertz CT molecular complexity index is 340. The minimum absolute atomic E-state index is 0.115. The molecule has 3 N–H and O–H groups in total. The van der Waals surface area contributed by atoms with Gasteiger partial charge in [0.05, 0.1) is 31.3 Å². The monoisotopic (exact) mass is 253 g/mol. The number of rotatable bonds is 5. The van der Waals surface area contributed by atoms with E-state index in [0.29, 0.717) is 6.04 Å². The Balaban J connectivity index is 1.94. The third kappa shape index (κ3) is 3.32. The molecule has 0 spiro atoms. The van der Waals surface area contributed by atoms with Crippen molar-refractivity contribution in [1.82, 2.24) is 10.3 Å². The molecular weight excluding hydrogens is 230 g/mol. The summed E-state index contributed by atoms with van der Waals surface area (Å²) < 4.78 is 10.9. The zero-order chi connectivity index (χ0) is 13.0. The molecule has 5 heteroatoms. The van der Waals surface area contributed by atoms with Crippen LogP contribution >= 0.6 is 0 Å². The molecule has 2 heterocycles. The van der Waals surface area contributed by atoms with Gasteiger partial charge in [-0.2, -0.15) is 0 Å². The Labute approximate surface area is 108 Å². The topological polar surface area (TPSA) is 63.7 Å². The van der Waals surface area contributed by atoms with Gasteiger partial charge in [0.15, 0.2) is 0 Å². The minimum atomic E-state index is 0.115. The van der Waals surface area contributed by atoms with Crippen LogP contribution in [0, 0.1) is 0 Å². The zero-order valence-corrected chi connectivity index (χ0v) is 11.1. The largest absolute Gasteiger partial charge is 0.472 e. The van der Waals surface area contributed by atoms with Gasteiger partial charge in [0, 0.05) is 19.1 Å². The van der Waals surface area contributed by atoms with Gasteiger partial charge in [0.2, 0.25) is 0 Å². The van der Waals surface area contributed by atoms with Crippen LogP contribution in [0.5, 0.6) is 0 Å². The first-order chi connectivity index (χ1) is 8.70. The third-order valence-electron chi connectivity index (χ3n) is 3.55. The molecule has 0 amide bonds. The summed E-state index contributed by atoms with van der Waals surface area (Å²) >= 11 is 0. The van der Waals surface area contributed by atoms with E-state index in [4.69, 9.17) is 15.0 Å². The first kappa shape index (κ1) is 13.5. The van der Waals surface area contributed by atoms with Crippen LogP contribution in [0.3, 0.4) is 0 Å². The maximum atomic E-state index is 5.85. The predicted octanol–water partition coefficient (Wildman–Crippen LogP) is 0.763. The van der Waals surface area contributed by atoms with Gasteiger partial charge in [0.25, 0.3) is 0 Å². The number of nitrogens with one attached hydrogen (secondary N) is 1. The van der Waals surface area contributed by atoms with Crippen LogP contribution < -0.4 is 11.3 Å². The normalized spacial score (nSPS) is 23.4. The molecule has 1 aliphatic heterocycles. The molecule has 0 aliphatic carbocycles. The first-order valence-electron chi connectivity index (χ1n) is 6.53. The fourth-order valence-electron chi connectivity index (χ4n) is 2.37. The van der Waals surface area contributed by atoms with E-state index in [1.54, 1.807) is 12.5 Å². The van der Waals surface area contributed by atoms with E-state index < -0.39 is 0 Å². The lowest BCUT2D eigenvalue weighted by atomic mass is 10.0. The number of nitrogens with two attached hydrogens (primary N) is 1. The van der Waals surface area contributed by atoms with Crippen molar-refractivity contribution in [3.8, 4) is 0 Å². The molecule has 0 radical (unpaired) electrons. The van der Waals surface area contributed by atoms with Gasteiger partial charge in [-0.25, -0.2) is 0 Å². The van der Waals surface area contributed by atoms with Crippen LogP contribution in [0.2, 0.25) is 0 Å². The summed E-state index contributed by atoms with van der Waals surface area (Å²) in [7, 11) is 0. The lowest BCUT2D eigenvalue weighted by Crippen LogP contribution is -2.56. The number of morpholine rings is 1. The second-order valence-electron chi connectivity index (χ2n) is 5.11. The highest BCUT2D eigenvalue weighted by molar-refractivity contribution is 5.08. The fraction of sp³-hybridized carbons (Fsp3) is 0.692. The number of ether oxygens (including phenoxy) is 1. The Morgan fingerprint density at radius 3 is 3.00 bits per heavy atom. The van der Waals surface area contributed by atoms with Crippen molar-refractivity contribution >= 4 is 0 Å². The predicted molar refractivity (Wildman–Crippen MR) is 70.0 cm³/mol. The van der Waals surface area contributed by atoms with Gasteiger partial charge in [-0.3, -0.25) is 16.2 Å². The number of hydrogen-bond donors (Lipinski definition) is 2. The molecular formula is C13H23N3O2. The van der Waals surface area contributed by atoms with Crippen molar-refractivity contribution in [1.29, 1.82) is 0 Å². The highest BCUT2D eigenvalue weighted by Gasteiger charge is 2.28. The second kappa shape index (κ2) is 6.33. The van der Waals surface area contributed by atoms with Gasteiger partial charge in [-0.15, -0.1) is 0 Å². The summed E-state index contributed by atoms with van der Waals surface area (Å²) in [6.45, 7) is 7.11. The molecule has 2 atom stereocenters. The van der Waals surface area contributed by atoms with Crippen LogP contribution in [-0.4, -0.2) is 42.8 Å². The summed E-state index contributed by atoms with van der Waals surface area (Å²) in [6.07, 6.45) is 4.39. The van der Waals surface area contributed by atoms with Crippen molar-refractivity contribution in [2.75, 3.05) is 19.7 Å². The van der Waals surface area contributed by atoms with Gasteiger partial charge < -0.3 is 9.15 Å². The molecule has 102 valence electrons. The lowest BCUT2D eigenvalue weighted by molar-refractivity contribution is -0.0552. The van der Waals surface area contributed by atoms with E-state index >= 15 is 0 Å². The summed E-state index contributed by atoms with van der Waals surface area (Å²) in [5.41, 5.74) is 4.02. The number of hydrazine groups is 1. The zero-order valence-electron chi connectivity index (χ0n) is 11.1. The van der Waals surface area contributed by atoms with Crippen LogP contribution in [0.15, 0.2) is 23.0 Å². The van der Waals surface area contributed by atoms with Crippen molar-refractivity contribution in [2.24, 2.45) is 5.84 Å². The average Bonchev–Trinajstić information content (AvgIpc) is 2.89. The molecule has 1 saturated heterocycles. The van der Waals surface area contributed by atoms with E-state index in [9.17, 15) is 0 Å². The first-order valence-corrected chi connectivity index (χ1v) is 6.53. The van der Waals surface area contributed by atoms with Crippen molar-refractivity contribution in [2.45, 2.75) is 38.5 Å². The number of furan rings is 1. The highest BCUT2D eigenvalue weighted by atomic mass is 16.5. The van der Waals surface area contributed by atoms with Crippen LogP contribution in [0.4, 0.5) is 0 Å². The minimum Gasteiger partial charge on any atom is -0.472 e. The van der Waals surface area contributed by atoms with E-state index in [-0.39, 0.29) is 12.1 Å². The second-order valence-corrected chi connectivity index (χ2v) is 5.11. The summed E-state index contributed by atoms with van der Waals surface area (Å²) in [6, 6.07) is 2.63. The van der Waals surface area contributed by atoms with E-state index in [2.05, 4.69) is 24.2 Å². The summed E-state index contributed by atoms with van der Waals surface area (Å²) in [4.78, 5) is 2.42. The Morgan fingerprint density at radius 1 is 1.56 bits per heavy atom. The third-order valence-corrected chi connectivity index (χ3v) is 3.55. The Morgan fingerprint density at radius 2 is 2.39 bits per heavy atom. The van der Waals surface area contributed by atoms with E-state index in [0.717, 1.165) is 31.7 Å². The van der Waals surface area contributed by atoms with E-state index in [1.165, 1.54) is 0 Å². The standard InChI is InChI=1S/C13H23N3O2/c1-10(2)16-4-6-18-13(8-16)12(15-14)7-11-3-5-17-9-11/h3,5,9-10,12-13,15H,4,6-8,14H2,1-2H3. The van der Waals surface area contributed by atoms with Crippen LogP contribution in [0.25, 0.3) is 0 Å².